The van der Waals surface area contributed by atoms with Crippen molar-refractivity contribution in [3.8, 4) is 11.3 Å². The molecule has 27 heavy (non-hydrogen) atoms. The molecule has 0 atom stereocenters. The fourth-order valence-electron chi connectivity index (χ4n) is 2.77. The first-order chi connectivity index (χ1) is 12.9. The van der Waals surface area contributed by atoms with Crippen molar-refractivity contribution in [2.24, 2.45) is 0 Å². The number of furan rings is 1. The van der Waals surface area contributed by atoms with E-state index < -0.39 is 17.1 Å². The van der Waals surface area contributed by atoms with Crippen LogP contribution < -0.4 is 5.46 Å². The van der Waals surface area contributed by atoms with Crippen LogP contribution in [0.2, 0.25) is 0 Å². The van der Waals surface area contributed by atoms with Crippen molar-refractivity contribution in [2.45, 2.75) is 13.8 Å². The van der Waals surface area contributed by atoms with Crippen molar-refractivity contribution >= 4 is 48.3 Å². The Bertz CT molecular complexity index is 949. The second kappa shape index (κ2) is 7.88. The number of carbonyl (C=O) groups is 3. The van der Waals surface area contributed by atoms with Crippen LogP contribution >= 0.6 is 11.8 Å². The molecular weight excluding hydrogens is 365 g/mol. The van der Waals surface area contributed by atoms with Gasteiger partial charge in [-0.15, -0.1) is 0 Å². The first kappa shape index (κ1) is 19.0. The second-order valence-electron chi connectivity index (χ2n) is 6.09. The molecule has 0 saturated carbocycles. The van der Waals surface area contributed by atoms with Gasteiger partial charge in [0.05, 0.1) is 11.5 Å². The number of benzene rings is 1. The number of aryl methyl sites for hydroxylation is 1. The van der Waals surface area contributed by atoms with Crippen LogP contribution in [0, 0.1) is 6.92 Å². The summed E-state index contributed by atoms with van der Waals surface area (Å²) in [6, 6.07) is 9.63. The zero-order valence-electron chi connectivity index (χ0n) is 15.3. The topological polar surface area (TPSA) is 76.8 Å². The molecule has 1 fully saturated rings. The van der Waals surface area contributed by atoms with Gasteiger partial charge in [0.1, 0.15) is 25.9 Å². The molecule has 3 rings (SSSR count). The minimum atomic E-state index is -0.615. The molecule has 138 valence electrons. The second-order valence-corrected chi connectivity index (χ2v) is 7.09. The lowest BCUT2D eigenvalue weighted by Gasteiger charge is -2.10. The Morgan fingerprint density at radius 1 is 1.30 bits per heavy atom. The molecule has 2 amide bonds. The van der Waals surface area contributed by atoms with Crippen molar-refractivity contribution in [3.63, 3.8) is 0 Å². The van der Waals surface area contributed by atoms with E-state index in [2.05, 4.69) is 6.07 Å². The van der Waals surface area contributed by atoms with Crippen LogP contribution in [0.3, 0.4) is 0 Å². The SMILES string of the molecule is Bc1cc(C)ccc1-c1ccc(/C=C2\SC(=O)N(CC(=O)OCC)C2=O)o1. The van der Waals surface area contributed by atoms with Crippen LogP contribution in [0.5, 0.6) is 0 Å². The van der Waals surface area contributed by atoms with E-state index in [4.69, 9.17) is 9.15 Å². The Kier molecular flexibility index (Phi) is 5.55. The highest BCUT2D eigenvalue weighted by Crippen LogP contribution is 2.33. The molecule has 0 unspecified atom stereocenters. The number of rotatable bonds is 5. The quantitative estimate of drug-likeness (QED) is 0.447. The highest BCUT2D eigenvalue weighted by Gasteiger charge is 2.36. The zero-order chi connectivity index (χ0) is 19.6. The van der Waals surface area contributed by atoms with Gasteiger partial charge in [0, 0.05) is 11.6 Å². The van der Waals surface area contributed by atoms with Gasteiger partial charge in [0.2, 0.25) is 0 Å². The normalized spacial score (nSPS) is 15.6. The van der Waals surface area contributed by atoms with Crippen LogP contribution in [-0.4, -0.2) is 43.0 Å². The summed E-state index contributed by atoms with van der Waals surface area (Å²) in [5, 5.41) is -0.500. The monoisotopic (exact) mass is 383 g/mol. The molecule has 6 nitrogen and oxygen atoms in total. The molecule has 1 aliphatic rings. The third-order valence-corrected chi connectivity index (χ3v) is 4.92. The first-order valence-electron chi connectivity index (χ1n) is 8.47. The largest absolute Gasteiger partial charge is 0.465 e. The summed E-state index contributed by atoms with van der Waals surface area (Å²) in [5.74, 6) is 0.00909. The van der Waals surface area contributed by atoms with Crippen LogP contribution in [0.4, 0.5) is 4.79 Å². The van der Waals surface area contributed by atoms with Gasteiger partial charge in [0.25, 0.3) is 11.1 Å². The molecule has 0 bridgehead atoms. The van der Waals surface area contributed by atoms with E-state index in [9.17, 15) is 14.4 Å². The van der Waals surface area contributed by atoms with E-state index >= 15 is 0 Å². The van der Waals surface area contributed by atoms with Gasteiger partial charge in [-0.25, -0.2) is 0 Å². The summed E-state index contributed by atoms with van der Waals surface area (Å²) in [4.78, 5) is 37.1. The van der Waals surface area contributed by atoms with Gasteiger partial charge < -0.3 is 9.15 Å². The average Bonchev–Trinajstić information content (AvgIpc) is 3.16. The van der Waals surface area contributed by atoms with Crippen LogP contribution in [0.25, 0.3) is 17.4 Å². The standard InChI is InChI=1S/C19H18BNO5S/c1-3-25-17(22)10-21-18(23)16(27-19(21)24)9-12-5-7-15(26-12)13-6-4-11(2)8-14(13)20/h4-9H,3,10,20H2,1-2H3/b16-9-. The third-order valence-electron chi connectivity index (χ3n) is 4.01. The van der Waals surface area contributed by atoms with Crippen LogP contribution in [-0.2, 0) is 14.3 Å². The smallest absolute Gasteiger partial charge is 0.326 e. The Morgan fingerprint density at radius 2 is 2.07 bits per heavy atom. The predicted molar refractivity (Wildman–Crippen MR) is 106 cm³/mol. The number of esters is 1. The zero-order valence-corrected chi connectivity index (χ0v) is 16.1. The van der Waals surface area contributed by atoms with Gasteiger partial charge in [-0.3, -0.25) is 19.3 Å². The Hall–Kier alpha value is -2.74. The lowest BCUT2D eigenvalue weighted by Crippen LogP contribution is -2.34. The number of nitrogens with zero attached hydrogens (tertiary/aromatic N) is 1. The van der Waals surface area contributed by atoms with Crippen molar-refractivity contribution in [1.82, 2.24) is 4.90 Å². The van der Waals surface area contributed by atoms with Crippen molar-refractivity contribution in [3.05, 3.63) is 46.6 Å². The fraction of sp³-hybridized carbons (Fsp3) is 0.211. The van der Waals surface area contributed by atoms with Crippen LogP contribution in [0.15, 0.2) is 39.7 Å². The number of ether oxygens (including phenoxy) is 1. The van der Waals surface area contributed by atoms with E-state index in [0.717, 1.165) is 27.7 Å². The Morgan fingerprint density at radius 3 is 2.78 bits per heavy atom. The summed E-state index contributed by atoms with van der Waals surface area (Å²) < 4.78 is 10.6. The van der Waals surface area contributed by atoms with Gasteiger partial charge in [-0.05, 0) is 37.7 Å². The molecule has 0 N–H and O–H groups in total. The van der Waals surface area contributed by atoms with E-state index in [1.54, 1.807) is 13.0 Å². The Labute approximate surface area is 162 Å². The summed E-state index contributed by atoms with van der Waals surface area (Å²) in [7, 11) is 2.01. The van der Waals surface area contributed by atoms with Gasteiger partial charge in [-0.1, -0.05) is 29.2 Å². The summed E-state index contributed by atoms with van der Waals surface area (Å²) in [6.07, 6.45) is 1.52. The first-order valence-corrected chi connectivity index (χ1v) is 9.29. The highest BCUT2D eigenvalue weighted by atomic mass is 32.2. The van der Waals surface area contributed by atoms with Crippen molar-refractivity contribution in [1.29, 1.82) is 0 Å². The molecule has 2 heterocycles. The number of thioether (sulfide) groups is 1. The molecule has 1 saturated heterocycles. The highest BCUT2D eigenvalue weighted by molar-refractivity contribution is 8.18. The molecule has 2 aromatic rings. The third kappa shape index (κ3) is 4.16. The minimum absolute atomic E-state index is 0.193. The maximum absolute atomic E-state index is 12.4. The van der Waals surface area contributed by atoms with Gasteiger partial charge in [-0.2, -0.15) is 0 Å². The molecule has 0 radical (unpaired) electrons. The molecule has 0 spiro atoms. The molecule has 1 aliphatic heterocycles. The van der Waals surface area contributed by atoms with Gasteiger partial charge >= 0.3 is 5.97 Å². The van der Waals surface area contributed by atoms with Crippen LogP contribution in [0.1, 0.15) is 18.2 Å². The summed E-state index contributed by atoms with van der Waals surface area (Å²) >= 11 is 0.778. The van der Waals surface area contributed by atoms with E-state index in [-0.39, 0.29) is 18.1 Å². The van der Waals surface area contributed by atoms with Crippen molar-refractivity contribution in [2.75, 3.05) is 13.2 Å². The molecular formula is C19H18BNO5S. The lowest BCUT2D eigenvalue weighted by molar-refractivity contribution is -0.145. The molecule has 8 heteroatoms. The number of imide groups is 1. The van der Waals surface area contributed by atoms with Gasteiger partial charge in [0.15, 0.2) is 0 Å². The maximum Gasteiger partial charge on any atom is 0.326 e. The maximum atomic E-state index is 12.4. The summed E-state index contributed by atoms with van der Waals surface area (Å²) in [6.45, 7) is 3.49. The fourth-order valence-corrected chi connectivity index (χ4v) is 3.58. The van der Waals surface area contributed by atoms with Crippen molar-refractivity contribution < 1.29 is 23.5 Å². The van der Waals surface area contributed by atoms with E-state index in [1.165, 1.54) is 11.6 Å². The number of hydrogen-bond donors (Lipinski definition) is 0. The minimum Gasteiger partial charge on any atom is -0.465 e. The number of hydrogen-bond acceptors (Lipinski definition) is 6. The number of amides is 2. The van der Waals surface area contributed by atoms with E-state index in [0.29, 0.717) is 11.5 Å². The molecule has 1 aromatic carbocycles. The predicted octanol–water partition coefficient (Wildman–Crippen LogP) is 2.11. The molecule has 0 aliphatic carbocycles. The average molecular weight is 383 g/mol. The lowest BCUT2D eigenvalue weighted by atomic mass is 9.88. The molecule has 1 aromatic heterocycles. The van der Waals surface area contributed by atoms with E-state index in [1.807, 2.05) is 33.0 Å². The number of carbonyl (C=O) groups excluding carboxylic acids is 3. The summed E-state index contributed by atoms with van der Waals surface area (Å²) in [5.41, 5.74) is 3.22. The Balaban J connectivity index is 1.79.